The van der Waals surface area contributed by atoms with Crippen molar-refractivity contribution in [2.75, 3.05) is 32.1 Å². The summed E-state index contributed by atoms with van der Waals surface area (Å²) in [5, 5.41) is 3.44. The molecule has 6 heteroatoms. The number of hydrogen-bond acceptors (Lipinski definition) is 5. The van der Waals surface area contributed by atoms with Gasteiger partial charge in [0.05, 0.1) is 18.7 Å². The van der Waals surface area contributed by atoms with Gasteiger partial charge in [-0.15, -0.1) is 11.3 Å². The van der Waals surface area contributed by atoms with E-state index in [2.05, 4.69) is 12.2 Å². The SMILES string of the molecule is CCCCN(C)CC(=O)Nc1sc(C)c(C)c1C(=O)OCC. The molecule has 1 N–H and O–H groups in total. The molecule has 0 radical (unpaired) electrons. The third kappa shape index (κ3) is 5.10. The predicted molar refractivity (Wildman–Crippen MR) is 90.8 cm³/mol. The number of amides is 1. The van der Waals surface area contributed by atoms with Gasteiger partial charge in [-0.25, -0.2) is 4.79 Å². The summed E-state index contributed by atoms with van der Waals surface area (Å²) in [7, 11) is 1.92. The van der Waals surface area contributed by atoms with E-state index in [1.807, 2.05) is 25.8 Å². The van der Waals surface area contributed by atoms with Crippen LogP contribution in [0.15, 0.2) is 0 Å². The van der Waals surface area contributed by atoms with Crippen molar-refractivity contribution in [2.45, 2.75) is 40.5 Å². The molecule has 0 aliphatic carbocycles. The molecule has 0 aliphatic heterocycles. The lowest BCUT2D eigenvalue weighted by Gasteiger charge is -2.15. The van der Waals surface area contributed by atoms with Crippen LogP contribution in [0.25, 0.3) is 0 Å². The van der Waals surface area contributed by atoms with Crippen molar-refractivity contribution in [2.24, 2.45) is 0 Å². The number of carbonyl (C=O) groups excluding carboxylic acids is 2. The third-order valence-corrected chi connectivity index (χ3v) is 4.55. The minimum atomic E-state index is -0.376. The molecule has 1 amide bonds. The van der Waals surface area contributed by atoms with Gasteiger partial charge >= 0.3 is 5.97 Å². The van der Waals surface area contributed by atoms with Crippen LogP contribution < -0.4 is 5.32 Å². The first-order valence-electron chi connectivity index (χ1n) is 7.66. The molecule has 1 heterocycles. The average Bonchev–Trinajstić information content (AvgIpc) is 2.71. The van der Waals surface area contributed by atoms with Crippen molar-refractivity contribution in [3.8, 4) is 0 Å². The highest BCUT2D eigenvalue weighted by molar-refractivity contribution is 7.16. The number of likely N-dealkylation sites (N-methyl/N-ethyl adjacent to an activating group) is 1. The van der Waals surface area contributed by atoms with Crippen LogP contribution in [0.1, 0.15) is 47.5 Å². The molecular weight excluding hydrogens is 300 g/mol. The first-order chi connectivity index (χ1) is 10.4. The van der Waals surface area contributed by atoms with Gasteiger partial charge < -0.3 is 10.1 Å². The lowest BCUT2D eigenvalue weighted by Crippen LogP contribution is -2.31. The summed E-state index contributed by atoms with van der Waals surface area (Å²) >= 11 is 1.42. The van der Waals surface area contributed by atoms with E-state index in [-0.39, 0.29) is 11.9 Å². The summed E-state index contributed by atoms with van der Waals surface area (Å²) < 4.78 is 5.08. The van der Waals surface area contributed by atoms with Crippen molar-refractivity contribution in [3.05, 3.63) is 16.0 Å². The predicted octanol–water partition coefficient (Wildman–Crippen LogP) is 3.21. The van der Waals surface area contributed by atoms with Crippen molar-refractivity contribution < 1.29 is 14.3 Å². The topological polar surface area (TPSA) is 58.6 Å². The first-order valence-corrected chi connectivity index (χ1v) is 8.47. The van der Waals surface area contributed by atoms with E-state index in [0.717, 1.165) is 29.8 Å². The lowest BCUT2D eigenvalue weighted by atomic mass is 10.1. The Balaban J connectivity index is 2.78. The van der Waals surface area contributed by atoms with Gasteiger partial charge in [0.1, 0.15) is 5.00 Å². The van der Waals surface area contributed by atoms with Gasteiger partial charge in [0.15, 0.2) is 0 Å². The molecule has 5 nitrogen and oxygen atoms in total. The molecule has 22 heavy (non-hydrogen) atoms. The van der Waals surface area contributed by atoms with Crippen LogP contribution in [0, 0.1) is 13.8 Å². The van der Waals surface area contributed by atoms with Gasteiger partial charge in [0.25, 0.3) is 0 Å². The summed E-state index contributed by atoms with van der Waals surface area (Å²) in [5.74, 6) is -0.482. The molecule has 0 saturated carbocycles. The minimum Gasteiger partial charge on any atom is -0.462 e. The van der Waals surface area contributed by atoms with Crippen LogP contribution in [0.2, 0.25) is 0 Å². The number of unbranched alkanes of at least 4 members (excludes halogenated alkanes) is 1. The zero-order valence-electron chi connectivity index (χ0n) is 14.1. The highest BCUT2D eigenvalue weighted by atomic mass is 32.1. The average molecular weight is 326 g/mol. The Kier molecular flexibility index (Phi) is 7.55. The molecule has 0 aromatic carbocycles. The number of ether oxygens (including phenoxy) is 1. The van der Waals surface area contributed by atoms with Crippen LogP contribution >= 0.6 is 11.3 Å². The standard InChI is InChI=1S/C16H26N2O3S/c1-6-8-9-18(5)10-13(19)17-15-14(16(20)21-7-2)11(3)12(4)22-15/h6-10H2,1-5H3,(H,17,19). The van der Waals surface area contributed by atoms with Crippen LogP contribution in [0.4, 0.5) is 5.00 Å². The van der Waals surface area contributed by atoms with E-state index >= 15 is 0 Å². The largest absolute Gasteiger partial charge is 0.462 e. The molecule has 1 aromatic heterocycles. The van der Waals surface area contributed by atoms with Crippen molar-refractivity contribution >= 4 is 28.2 Å². The summed E-state index contributed by atoms with van der Waals surface area (Å²) in [4.78, 5) is 27.2. The van der Waals surface area contributed by atoms with Crippen molar-refractivity contribution in [3.63, 3.8) is 0 Å². The minimum absolute atomic E-state index is 0.106. The van der Waals surface area contributed by atoms with Crippen molar-refractivity contribution in [1.82, 2.24) is 4.90 Å². The highest BCUT2D eigenvalue weighted by Gasteiger charge is 2.22. The molecule has 124 valence electrons. The maximum absolute atomic E-state index is 12.1. The number of nitrogens with one attached hydrogen (secondary N) is 1. The van der Waals surface area contributed by atoms with E-state index in [1.165, 1.54) is 11.3 Å². The Labute approximate surface area is 136 Å². The Hall–Kier alpha value is -1.40. The fourth-order valence-corrected chi connectivity index (χ4v) is 3.15. The normalized spacial score (nSPS) is 10.8. The third-order valence-electron chi connectivity index (χ3n) is 3.42. The number of thiophene rings is 1. The first kappa shape index (κ1) is 18.6. The zero-order chi connectivity index (χ0) is 16.7. The number of carbonyl (C=O) groups is 2. The molecule has 0 bridgehead atoms. The Bertz CT molecular complexity index is 526. The van der Waals surface area contributed by atoms with Gasteiger partial charge in [-0.1, -0.05) is 13.3 Å². The summed E-state index contributed by atoms with van der Waals surface area (Å²) in [6.45, 7) is 9.23. The second-order valence-corrected chi connectivity index (χ2v) is 6.57. The van der Waals surface area contributed by atoms with Crippen LogP contribution in [0.5, 0.6) is 0 Å². The van der Waals surface area contributed by atoms with Crippen LogP contribution in [0.3, 0.4) is 0 Å². The molecule has 0 fully saturated rings. The lowest BCUT2D eigenvalue weighted by molar-refractivity contribution is -0.117. The quantitative estimate of drug-likeness (QED) is 0.745. The van der Waals surface area contributed by atoms with Gasteiger partial charge in [-0.2, -0.15) is 0 Å². The second kappa shape index (κ2) is 8.90. The Morgan fingerprint density at radius 3 is 2.55 bits per heavy atom. The molecule has 0 atom stereocenters. The summed E-state index contributed by atoms with van der Waals surface area (Å²) in [5.41, 5.74) is 1.35. The smallest absolute Gasteiger partial charge is 0.341 e. The fourth-order valence-electron chi connectivity index (χ4n) is 2.08. The van der Waals surface area contributed by atoms with E-state index in [1.54, 1.807) is 6.92 Å². The van der Waals surface area contributed by atoms with Gasteiger partial charge in [0, 0.05) is 4.88 Å². The van der Waals surface area contributed by atoms with Gasteiger partial charge in [0.2, 0.25) is 5.91 Å². The maximum atomic E-state index is 12.1. The maximum Gasteiger partial charge on any atom is 0.341 e. The monoisotopic (exact) mass is 326 g/mol. The van der Waals surface area contributed by atoms with E-state index < -0.39 is 0 Å². The number of nitrogens with zero attached hydrogens (tertiary/aromatic N) is 1. The number of hydrogen-bond donors (Lipinski definition) is 1. The number of rotatable bonds is 8. The molecular formula is C16H26N2O3S. The number of esters is 1. The summed E-state index contributed by atoms with van der Waals surface area (Å²) in [6.07, 6.45) is 2.16. The number of aryl methyl sites for hydroxylation is 1. The molecule has 0 aliphatic rings. The van der Waals surface area contributed by atoms with Crippen molar-refractivity contribution in [1.29, 1.82) is 0 Å². The van der Waals surface area contributed by atoms with Crippen LogP contribution in [-0.4, -0.2) is 43.5 Å². The molecule has 1 rings (SSSR count). The van der Waals surface area contributed by atoms with Gasteiger partial charge in [-0.3, -0.25) is 9.69 Å². The van der Waals surface area contributed by atoms with E-state index in [0.29, 0.717) is 23.7 Å². The molecule has 0 unspecified atom stereocenters. The fraction of sp³-hybridized carbons (Fsp3) is 0.625. The number of anilines is 1. The highest BCUT2D eigenvalue weighted by Crippen LogP contribution is 2.32. The van der Waals surface area contributed by atoms with Gasteiger partial charge in [-0.05, 0) is 46.3 Å². The van der Waals surface area contributed by atoms with E-state index in [4.69, 9.17) is 4.74 Å². The molecule has 0 saturated heterocycles. The second-order valence-electron chi connectivity index (χ2n) is 5.35. The zero-order valence-corrected chi connectivity index (χ0v) is 14.9. The summed E-state index contributed by atoms with van der Waals surface area (Å²) in [6, 6.07) is 0. The Morgan fingerprint density at radius 1 is 1.27 bits per heavy atom. The van der Waals surface area contributed by atoms with E-state index in [9.17, 15) is 9.59 Å². The Morgan fingerprint density at radius 2 is 1.95 bits per heavy atom. The van der Waals surface area contributed by atoms with Crippen LogP contribution in [-0.2, 0) is 9.53 Å². The molecule has 1 aromatic rings. The molecule has 0 spiro atoms.